The maximum Gasteiger partial charge on any atom is 0.305 e. The van der Waals surface area contributed by atoms with E-state index >= 15 is 0 Å². The second kappa shape index (κ2) is 26.7. The molecule has 0 aromatic carbocycles. The number of nitrogens with one attached hydrogen (secondary N) is 6. The predicted octanol–water partition coefficient (Wildman–Crippen LogP) is 2.35. The molecule has 0 saturated carbocycles. The fraction of sp³-hybridized carbons (Fsp3) is 0.775. The molecule has 56 heavy (non-hydrogen) atoms. The molecule has 1 aliphatic heterocycles. The summed E-state index contributed by atoms with van der Waals surface area (Å²) in [5.74, 6) is -2.99. The molecule has 0 radical (unpaired) electrons. The molecule has 1 rings (SSSR count). The first-order valence-corrected chi connectivity index (χ1v) is 20.0. The molecule has 0 aromatic heterocycles. The highest BCUT2D eigenvalue weighted by molar-refractivity contribution is 5.83. The van der Waals surface area contributed by atoms with Crippen molar-refractivity contribution in [1.82, 2.24) is 31.9 Å². The fourth-order valence-electron chi connectivity index (χ4n) is 6.39. The Morgan fingerprint density at radius 3 is 1.89 bits per heavy atom. The molecule has 0 bridgehead atoms. The van der Waals surface area contributed by atoms with Crippen LogP contribution in [-0.2, 0) is 43.0 Å². The number of ether oxygens (including phenoxy) is 2. The average molecular weight is 795 g/mol. The number of rotatable bonds is 15. The Morgan fingerprint density at radius 1 is 0.750 bits per heavy atom. The van der Waals surface area contributed by atoms with Crippen molar-refractivity contribution in [3.05, 3.63) is 12.2 Å². The molecule has 6 atom stereocenters. The van der Waals surface area contributed by atoms with Gasteiger partial charge in [0.15, 0.2) is 0 Å². The largest absolute Gasteiger partial charge is 0.481 e. The fourth-order valence-corrected chi connectivity index (χ4v) is 6.39. The number of hydrogen-bond donors (Lipinski definition) is 7. The lowest BCUT2D eigenvalue weighted by Crippen LogP contribution is -2.49. The molecule has 6 amide bonds. The van der Waals surface area contributed by atoms with Crippen LogP contribution in [0.15, 0.2) is 12.2 Å². The van der Waals surface area contributed by atoms with Crippen LogP contribution in [0.5, 0.6) is 0 Å². The Hall–Kier alpha value is -4.05. The van der Waals surface area contributed by atoms with Gasteiger partial charge in [-0.15, -0.1) is 0 Å². The van der Waals surface area contributed by atoms with Crippen LogP contribution in [0.4, 0.5) is 0 Å². The van der Waals surface area contributed by atoms with Gasteiger partial charge in [0, 0.05) is 63.2 Å². The summed E-state index contributed by atoms with van der Waals surface area (Å²) in [4.78, 5) is 89.4. The summed E-state index contributed by atoms with van der Waals surface area (Å²) < 4.78 is 11.4. The summed E-state index contributed by atoms with van der Waals surface area (Å²) in [6.45, 7) is 17.0. The third-order valence-electron chi connectivity index (χ3n) is 9.08. The smallest absolute Gasteiger partial charge is 0.305 e. The quantitative estimate of drug-likeness (QED) is 0.120. The van der Waals surface area contributed by atoms with Gasteiger partial charge in [-0.1, -0.05) is 67.5 Å². The highest BCUT2D eigenvalue weighted by atomic mass is 16.5. The van der Waals surface area contributed by atoms with Crippen LogP contribution >= 0.6 is 0 Å². The molecule has 1 aliphatic rings. The molecule has 16 heteroatoms. The van der Waals surface area contributed by atoms with E-state index in [9.17, 15) is 38.7 Å². The minimum Gasteiger partial charge on any atom is -0.481 e. The third kappa shape index (κ3) is 23.8. The van der Waals surface area contributed by atoms with Crippen LogP contribution in [0.3, 0.4) is 0 Å². The lowest BCUT2D eigenvalue weighted by Gasteiger charge is -2.27. The van der Waals surface area contributed by atoms with E-state index in [0.717, 1.165) is 0 Å². The van der Waals surface area contributed by atoms with E-state index in [-0.39, 0.29) is 118 Å². The molecule has 0 aromatic rings. The number of aliphatic carboxylic acids is 1. The Balaban J connectivity index is 3.20. The number of carboxylic acid groups (broad SMARTS) is 1. The van der Waals surface area contributed by atoms with Crippen molar-refractivity contribution in [2.45, 2.75) is 150 Å². The van der Waals surface area contributed by atoms with Crippen molar-refractivity contribution in [3.63, 3.8) is 0 Å². The second-order valence-electron chi connectivity index (χ2n) is 16.5. The van der Waals surface area contributed by atoms with Gasteiger partial charge in [0.05, 0.1) is 44.9 Å². The van der Waals surface area contributed by atoms with Crippen LogP contribution in [0.2, 0.25) is 0 Å². The topological polar surface area (TPSA) is 230 Å². The molecule has 1 heterocycles. The van der Waals surface area contributed by atoms with Gasteiger partial charge in [-0.2, -0.15) is 0 Å². The van der Waals surface area contributed by atoms with E-state index in [1.807, 2.05) is 55.4 Å². The summed E-state index contributed by atoms with van der Waals surface area (Å²) in [5.41, 5.74) is 0. The molecule has 0 fully saturated rings. The van der Waals surface area contributed by atoms with Gasteiger partial charge in [-0.25, -0.2) is 0 Å². The molecular formula is C40H70N6O10. The van der Waals surface area contributed by atoms with Crippen molar-refractivity contribution >= 4 is 41.4 Å². The zero-order chi connectivity index (χ0) is 42.4. The van der Waals surface area contributed by atoms with Gasteiger partial charge in [0.25, 0.3) is 0 Å². The molecule has 0 unspecified atom stereocenters. The van der Waals surface area contributed by atoms with E-state index in [0.29, 0.717) is 12.8 Å². The molecule has 7 N–H and O–H groups in total. The van der Waals surface area contributed by atoms with Crippen LogP contribution in [0.25, 0.3) is 0 Å². The van der Waals surface area contributed by atoms with Crippen LogP contribution < -0.4 is 31.9 Å². The molecule has 16 nitrogen and oxygen atoms in total. The molecule has 0 aliphatic carbocycles. The first kappa shape index (κ1) is 50.0. The van der Waals surface area contributed by atoms with Gasteiger partial charge < -0.3 is 46.5 Å². The van der Waals surface area contributed by atoms with Gasteiger partial charge in [-0.3, -0.25) is 33.6 Å². The number of carbonyl (C=O) groups is 7. The van der Waals surface area contributed by atoms with Gasteiger partial charge >= 0.3 is 5.97 Å². The zero-order valence-corrected chi connectivity index (χ0v) is 35.0. The summed E-state index contributed by atoms with van der Waals surface area (Å²) in [6.07, 6.45) is 3.91. The first-order valence-electron chi connectivity index (χ1n) is 20.0. The van der Waals surface area contributed by atoms with Crippen molar-refractivity contribution in [3.8, 4) is 0 Å². The number of carbonyl (C=O) groups excluding carboxylic acids is 6. The minimum absolute atomic E-state index is 0.0191. The molecule has 0 spiro atoms. The summed E-state index contributed by atoms with van der Waals surface area (Å²) >= 11 is 0. The molecular weight excluding hydrogens is 724 g/mol. The van der Waals surface area contributed by atoms with Crippen molar-refractivity contribution in [2.75, 3.05) is 26.4 Å². The predicted molar refractivity (Wildman–Crippen MR) is 212 cm³/mol. The van der Waals surface area contributed by atoms with Gasteiger partial charge in [0.2, 0.25) is 35.4 Å². The Kier molecular flexibility index (Phi) is 23.9. The van der Waals surface area contributed by atoms with Crippen LogP contribution in [-0.4, -0.2) is 109 Å². The summed E-state index contributed by atoms with van der Waals surface area (Å²) in [5, 5.41) is 26.7. The lowest BCUT2D eigenvalue weighted by molar-refractivity contribution is -0.138. The normalized spacial score (nSPS) is 22.9. The number of hydrogen-bond acceptors (Lipinski definition) is 9. The Morgan fingerprint density at radius 2 is 1.34 bits per heavy atom. The summed E-state index contributed by atoms with van der Waals surface area (Å²) in [7, 11) is 0. The van der Waals surface area contributed by atoms with Crippen molar-refractivity contribution in [2.24, 2.45) is 23.7 Å². The number of amides is 6. The standard InChI is InChI=1S/C40H70N6O10/c1-24(2)14-29(41-28(9)47)16-36(49)45-33(26(5)6)20-38(51)43-31-18-35(48)42-30(15-25(3)4)17-37(50)46-34(27(7)8)21-39(52)44-32(19-40(53)54)23-56-13-11-10-12-55-22-31/h10-11,24-27,29-34H,12-23H2,1-9H3,(H,41,47)(H,42,48)(H,43,51)(H,44,52)(H,45,49)(H,46,50)(H,53,54)/b11-10+/t29-,30+,31-,32-,33-,34-/m1/s1. The van der Waals surface area contributed by atoms with E-state index in [1.54, 1.807) is 12.2 Å². The summed E-state index contributed by atoms with van der Waals surface area (Å²) in [6, 6.07) is -3.46. The second-order valence-corrected chi connectivity index (χ2v) is 16.5. The van der Waals surface area contributed by atoms with Crippen molar-refractivity contribution < 1.29 is 48.1 Å². The van der Waals surface area contributed by atoms with Gasteiger partial charge in [0.1, 0.15) is 0 Å². The average Bonchev–Trinajstić information content (AvgIpc) is 3.03. The zero-order valence-electron chi connectivity index (χ0n) is 35.0. The Labute approximate surface area is 333 Å². The van der Waals surface area contributed by atoms with E-state index < -0.39 is 48.0 Å². The third-order valence-corrected chi connectivity index (χ3v) is 9.08. The maximum atomic E-state index is 13.5. The van der Waals surface area contributed by atoms with Crippen molar-refractivity contribution in [1.29, 1.82) is 0 Å². The monoisotopic (exact) mass is 795 g/mol. The number of carboxylic acids is 1. The highest BCUT2D eigenvalue weighted by Gasteiger charge is 2.28. The molecule has 0 saturated heterocycles. The maximum absolute atomic E-state index is 13.5. The highest BCUT2D eigenvalue weighted by Crippen LogP contribution is 2.14. The van der Waals surface area contributed by atoms with Gasteiger partial charge in [-0.05, 0) is 36.5 Å². The lowest BCUT2D eigenvalue weighted by atomic mass is 9.97. The van der Waals surface area contributed by atoms with E-state index in [2.05, 4.69) is 31.9 Å². The SMILES string of the molecule is CC(=O)N[C@@H](CC(=O)N[C@H](CC(=O)N[C@H]1COC/C=C/COC[C@@H](CC(=O)O)NC(=O)C[C@H](C(C)C)NC(=O)C[C@H](CC(C)C)NC(=O)C1)C(C)C)CC(C)C. The Bertz CT molecular complexity index is 1300. The van der Waals surface area contributed by atoms with Crippen LogP contribution in [0, 0.1) is 23.7 Å². The minimum atomic E-state index is -1.10. The molecule has 320 valence electrons. The first-order chi connectivity index (χ1) is 26.2. The van der Waals surface area contributed by atoms with E-state index in [1.165, 1.54) is 6.92 Å². The van der Waals surface area contributed by atoms with Crippen LogP contribution in [0.1, 0.15) is 114 Å². The van der Waals surface area contributed by atoms with E-state index in [4.69, 9.17) is 9.47 Å².